The first kappa shape index (κ1) is 16.5. The maximum absolute atomic E-state index is 9.88. The Labute approximate surface area is 155 Å². The molecule has 0 N–H and O–H groups in total. The Morgan fingerprint density at radius 1 is 0.885 bits per heavy atom. The van der Waals surface area contributed by atoms with E-state index in [0.717, 1.165) is 36.9 Å². The topological polar surface area (TPSA) is 36.7 Å². The molecule has 0 atom stereocenters. The summed E-state index contributed by atoms with van der Waals surface area (Å²) in [6, 6.07) is 27.6. The van der Waals surface area contributed by atoms with Crippen molar-refractivity contribution in [2.24, 2.45) is 0 Å². The molecule has 3 aromatic rings. The predicted octanol–water partition coefficient (Wildman–Crippen LogP) is 5.87. The van der Waals surface area contributed by atoms with E-state index in [1.165, 1.54) is 11.1 Å². The van der Waals surface area contributed by atoms with Crippen molar-refractivity contribution in [2.45, 2.75) is 37.0 Å². The van der Waals surface area contributed by atoms with Gasteiger partial charge in [0.15, 0.2) is 0 Å². The highest BCUT2D eigenvalue weighted by atomic mass is 14.7. The van der Waals surface area contributed by atoms with Crippen molar-refractivity contribution in [2.75, 3.05) is 0 Å². The van der Waals surface area contributed by atoms with E-state index in [1.54, 1.807) is 0 Å². The average molecular weight is 338 g/mol. The Kier molecular flexibility index (Phi) is 4.54. The zero-order valence-electron chi connectivity index (χ0n) is 14.8. The molecule has 1 saturated carbocycles. The van der Waals surface area contributed by atoms with Crippen molar-refractivity contribution < 1.29 is 0 Å². The molecule has 1 aliphatic carbocycles. The third-order valence-electron chi connectivity index (χ3n) is 5.70. The summed E-state index contributed by atoms with van der Waals surface area (Å²) in [7, 11) is 0. The number of rotatable bonds is 3. The minimum absolute atomic E-state index is 0.326. The first-order valence-electron chi connectivity index (χ1n) is 9.29. The summed E-state index contributed by atoms with van der Waals surface area (Å²) in [5.74, 6) is 0.505. The highest BCUT2D eigenvalue weighted by Gasteiger charge is 2.37. The van der Waals surface area contributed by atoms with Crippen LogP contribution >= 0.6 is 0 Å². The average Bonchev–Trinajstić information content (AvgIpc) is 2.75. The van der Waals surface area contributed by atoms with Gasteiger partial charge < -0.3 is 0 Å². The van der Waals surface area contributed by atoms with Crippen molar-refractivity contribution in [3.8, 4) is 17.3 Å². The van der Waals surface area contributed by atoms with Crippen LogP contribution < -0.4 is 0 Å². The predicted molar refractivity (Wildman–Crippen MR) is 105 cm³/mol. The van der Waals surface area contributed by atoms with Crippen LogP contribution in [0.5, 0.6) is 0 Å². The third-order valence-corrected chi connectivity index (χ3v) is 5.70. The summed E-state index contributed by atoms with van der Waals surface area (Å²) in [6.45, 7) is 0. The smallest absolute Gasteiger partial charge is 0.0822 e. The van der Waals surface area contributed by atoms with Crippen LogP contribution in [0.3, 0.4) is 0 Å². The number of pyridine rings is 1. The van der Waals surface area contributed by atoms with Crippen LogP contribution in [0.4, 0.5) is 0 Å². The zero-order valence-corrected chi connectivity index (χ0v) is 14.8. The fraction of sp³-hybridized carbons (Fsp3) is 0.250. The van der Waals surface area contributed by atoms with Crippen LogP contribution in [0, 0.1) is 11.3 Å². The number of hydrogen-bond donors (Lipinski definition) is 0. The Hall–Kier alpha value is -2.92. The maximum atomic E-state index is 9.88. The zero-order chi connectivity index (χ0) is 17.8. The van der Waals surface area contributed by atoms with Crippen molar-refractivity contribution in [3.05, 3.63) is 90.1 Å². The number of nitriles is 1. The van der Waals surface area contributed by atoms with Gasteiger partial charge in [-0.1, -0.05) is 60.7 Å². The molecule has 2 heteroatoms. The number of aromatic nitrogens is 1. The molecular formula is C24H22N2. The van der Waals surface area contributed by atoms with Crippen LogP contribution in [0.25, 0.3) is 11.3 Å². The molecule has 1 aromatic heterocycles. The number of hydrogen-bond acceptors (Lipinski definition) is 2. The normalized spacial score (nSPS) is 22.5. The summed E-state index contributed by atoms with van der Waals surface area (Å²) in [5, 5.41) is 9.88. The fourth-order valence-corrected chi connectivity index (χ4v) is 4.13. The first-order valence-corrected chi connectivity index (χ1v) is 9.29. The summed E-state index contributed by atoms with van der Waals surface area (Å²) >= 11 is 0. The van der Waals surface area contributed by atoms with Crippen LogP contribution in [0.1, 0.15) is 42.7 Å². The van der Waals surface area contributed by atoms with Gasteiger partial charge in [0.05, 0.1) is 17.2 Å². The lowest BCUT2D eigenvalue weighted by atomic mass is 9.66. The molecule has 2 nitrogen and oxygen atoms in total. The van der Waals surface area contributed by atoms with Gasteiger partial charge >= 0.3 is 0 Å². The quantitative estimate of drug-likeness (QED) is 0.599. The van der Waals surface area contributed by atoms with E-state index >= 15 is 0 Å². The van der Waals surface area contributed by atoms with Gasteiger partial charge in [0.2, 0.25) is 0 Å². The van der Waals surface area contributed by atoms with Gasteiger partial charge in [-0.2, -0.15) is 5.26 Å². The molecule has 4 rings (SSSR count). The Morgan fingerprint density at radius 3 is 2.19 bits per heavy atom. The molecule has 0 spiro atoms. The highest BCUT2D eigenvalue weighted by molar-refractivity contribution is 5.59. The summed E-state index contributed by atoms with van der Waals surface area (Å²) in [6.07, 6.45) is 5.84. The van der Waals surface area contributed by atoms with E-state index in [2.05, 4.69) is 47.5 Å². The molecule has 0 radical (unpaired) electrons. The largest absolute Gasteiger partial charge is 0.256 e. The molecule has 0 amide bonds. The van der Waals surface area contributed by atoms with Crippen LogP contribution in [0.15, 0.2) is 79.0 Å². The maximum Gasteiger partial charge on any atom is 0.0822 e. The summed E-state index contributed by atoms with van der Waals surface area (Å²) in [5.41, 5.74) is 4.37. The third kappa shape index (κ3) is 3.13. The highest BCUT2D eigenvalue weighted by Crippen LogP contribution is 2.44. The minimum atomic E-state index is -0.326. The molecular weight excluding hydrogens is 316 g/mol. The monoisotopic (exact) mass is 338 g/mol. The lowest BCUT2D eigenvalue weighted by Crippen LogP contribution is -2.29. The van der Waals surface area contributed by atoms with Crippen molar-refractivity contribution in [3.63, 3.8) is 0 Å². The molecule has 0 unspecified atom stereocenters. The first-order chi connectivity index (χ1) is 12.8. The van der Waals surface area contributed by atoms with E-state index in [9.17, 15) is 5.26 Å². The Balaban J connectivity index is 1.55. The molecule has 26 heavy (non-hydrogen) atoms. The van der Waals surface area contributed by atoms with Gasteiger partial charge in [-0.25, -0.2) is 0 Å². The fourth-order valence-electron chi connectivity index (χ4n) is 4.13. The molecule has 128 valence electrons. The minimum Gasteiger partial charge on any atom is -0.256 e. The van der Waals surface area contributed by atoms with E-state index in [1.807, 2.05) is 42.6 Å². The second-order valence-corrected chi connectivity index (χ2v) is 7.17. The van der Waals surface area contributed by atoms with Crippen LogP contribution in [0.2, 0.25) is 0 Å². The van der Waals surface area contributed by atoms with E-state index in [4.69, 9.17) is 0 Å². The molecule has 2 aromatic carbocycles. The standard InChI is InChI=1S/C24H22N2/c25-18-24(22-9-5-2-6-10-22)14-11-19(12-15-24)21-13-16-26-23(17-21)20-7-3-1-4-8-20/h1-10,13,16-17,19H,11-12,14-15H2. The van der Waals surface area contributed by atoms with Gasteiger partial charge in [0.25, 0.3) is 0 Å². The Bertz CT molecular complexity index is 902. The molecule has 1 heterocycles. The second kappa shape index (κ2) is 7.14. The van der Waals surface area contributed by atoms with Crippen molar-refractivity contribution in [1.82, 2.24) is 4.98 Å². The van der Waals surface area contributed by atoms with Crippen molar-refractivity contribution >= 4 is 0 Å². The lowest BCUT2D eigenvalue weighted by molar-refractivity contribution is 0.332. The molecule has 0 aliphatic heterocycles. The molecule has 1 fully saturated rings. The summed E-state index contributed by atoms with van der Waals surface area (Å²) in [4.78, 5) is 4.54. The van der Waals surface area contributed by atoms with Gasteiger partial charge in [-0.05, 0) is 54.9 Å². The SMILES string of the molecule is N#CC1(c2ccccc2)CCC(c2ccnc(-c3ccccc3)c2)CC1. The lowest BCUT2D eigenvalue weighted by Gasteiger charge is -2.35. The molecule has 0 bridgehead atoms. The van der Waals surface area contributed by atoms with Crippen LogP contribution in [-0.4, -0.2) is 4.98 Å². The molecule has 0 saturated heterocycles. The van der Waals surface area contributed by atoms with E-state index in [-0.39, 0.29) is 5.41 Å². The van der Waals surface area contributed by atoms with E-state index in [0.29, 0.717) is 5.92 Å². The molecule has 1 aliphatic rings. The van der Waals surface area contributed by atoms with E-state index < -0.39 is 0 Å². The van der Waals surface area contributed by atoms with Gasteiger partial charge in [-0.3, -0.25) is 4.98 Å². The summed E-state index contributed by atoms with van der Waals surface area (Å²) < 4.78 is 0. The van der Waals surface area contributed by atoms with Crippen LogP contribution in [-0.2, 0) is 5.41 Å². The van der Waals surface area contributed by atoms with Crippen molar-refractivity contribution in [1.29, 1.82) is 5.26 Å². The number of benzene rings is 2. The van der Waals surface area contributed by atoms with Gasteiger partial charge in [0, 0.05) is 11.8 Å². The number of nitrogens with zero attached hydrogens (tertiary/aromatic N) is 2. The second-order valence-electron chi connectivity index (χ2n) is 7.17. The van der Waals surface area contributed by atoms with Gasteiger partial charge in [0.1, 0.15) is 0 Å². The Morgan fingerprint density at radius 2 is 1.54 bits per heavy atom. The van der Waals surface area contributed by atoms with Gasteiger partial charge in [-0.15, -0.1) is 0 Å².